The number of aliphatic hydroxyl groups is 4. The molecule has 0 amide bonds. The summed E-state index contributed by atoms with van der Waals surface area (Å²) < 4.78 is 18.2. The number of allylic oxidation sites excluding steroid dienone is 2. The number of aliphatic carboxylic acids is 2. The zero-order chi connectivity index (χ0) is 42.9. The molecule has 7 N–H and O–H groups in total. The zero-order valence-electron chi connectivity index (χ0n) is 35.9. The SMILES string of the molecule is CNC[C@@H]1C[C@H]2C=C3[C@@](CCC=O)(CC[C@@]4(C(=O)O)[C@@H](COC)C[C@]5(C)CC=C[C@]34[C@H]5O)[C@]3(C)CC[C@H]4C(C)(C)[C@@H](O[C@@H]5O[C@H](C(=O)O)[C@@H](O)[C@H](O)[C@H]5O)C[C@H]1[C@]4(C)[C@@H]23. The van der Waals surface area contributed by atoms with E-state index < -0.39 is 81.9 Å². The summed E-state index contributed by atoms with van der Waals surface area (Å²) in [5, 5.41) is 70.1. The van der Waals surface area contributed by atoms with Crippen molar-refractivity contribution in [2.24, 2.45) is 73.4 Å². The molecule has 19 atom stereocenters. The molecule has 5 saturated carbocycles. The monoisotopic (exact) mass is 827 g/mol. The van der Waals surface area contributed by atoms with Crippen LogP contribution in [0.3, 0.4) is 0 Å². The minimum Gasteiger partial charge on any atom is -0.481 e. The van der Waals surface area contributed by atoms with Crippen molar-refractivity contribution in [2.75, 3.05) is 27.3 Å². The van der Waals surface area contributed by atoms with E-state index in [1.165, 1.54) is 0 Å². The van der Waals surface area contributed by atoms with Crippen LogP contribution in [-0.2, 0) is 28.6 Å². The summed E-state index contributed by atoms with van der Waals surface area (Å²) in [5.41, 5.74) is -3.71. The van der Waals surface area contributed by atoms with Gasteiger partial charge in [0.15, 0.2) is 12.4 Å². The molecule has 0 aromatic rings. The first-order chi connectivity index (χ1) is 27.7. The van der Waals surface area contributed by atoms with Crippen molar-refractivity contribution in [1.82, 2.24) is 5.32 Å². The van der Waals surface area contributed by atoms with Crippen molar-refractivity contribution in [3.63, 3.8) is 0 Å². The summed E-state index contributed by atoms with van der Waals surface area (Å²) in [6, 6.07) is 0. The molecular weight excluding hydrogens is 759 g/mol. The van der Waals surface area contributed by atoms with Gasteiger partial charge < -0.3 is 55.0 Å². The summed E-state index contributed by atoms with van der Waals surface area (Å²) in [6.07, 6.45) is 3.87. The summed E-state index contributed by atoms with van der Waals surface area (Å²) >= 11 is 0. The number of aliphatic hydroxyl groups excluding tert-OH is 4. The highest BCUT2D eigenvalue weighted by atomic mass is 16.7. The van der Waals surface area contributed by atoms with Crippen LogP contribution < -0.4 is 5.32 Å². The molecule has 2 bridgehead atoms. The first-order valence-electron chi connectivity index (χ1n) is 22.2. The topological polar surface area (TPSA) is 212 Å². The van der Waals surface area contributed by atoms with Crippen LogP contribution in [-0.4, -0.2) is 119 Å². The van der Waals surface area contributed by atoms with Crippen molar-refractivity contribution in [3.05, 3.63) is 23.8 Å². The van der Waals surface area contributed by atoms with Crippen LogP contribution in [0.1, 0.15) is 98.8 Å². The third kappa shape index (κ3) is 5.40. The number of carbonyl (C=O) groups is 3. The lowest BCUT2D eigenvalue weighted by molar-refractivity contribution is -0.336. The van der Waals surface area contributed by atoms with Gasteiger partial charge in [0, 0.05) is 19.4 Å². The van der Waals surface area contributed by atoms with Crippen LogP contribution in [0, 0.1) is 73.4 Å². The molecule has 7 aliphatic carbocycles. The molecule has 8 aliphatic rings. The maximum absolute atomic E-state index is 14.2. The summed E-state index contributed by atoms with van der Waals surface area (Å²) in [5.74, 6) is -2.08. The lowest BCUT2D eigenvalue weighted by atomic mass is 9.25. The molecule has 0 unspecified atom stereocenters. The molecule has 330 valence electrons. The van der Waals surface area contributed by atoms with E-state index in [4.69, 9.17) is 14.2 Å². The molecule has 6 fully saturated rings. The van der Waals surface area contributed by atoms with Gasteiger partial charge in [0.2, 0.25) is 0 Å². The molecule has 13 nitrogen and oxygen atoms in total. The highest BCUT2D eigenvalue weighted by molar-refractivity contribution is 5.80. The van der Waals surface area contributed by atoms with Gasteiger partial charge in [0.1, 0.15) is 24.6 Å². The number of rotatable bonds is 11. The molecule has 13 heteroatoms. The van der Waals surface area contributed by atoms with E-state index in [1.807, 2.05) is 7.05 Å². The van der Waals surface area contributed by atoms with Gasteiger partial charge in [0.25, 0.3) is 0 Å². The van der Waals surface area contributed by atoms with Gasteiger partial charge in [-0.15, -0.1) is 0 Å². The Morgan fingerprint density at radius 1 is 1.00 bits per heavy atom. The van der Waals surface area contributed by atoms with Crippen LogP contribution >= 0.6 is 0 Å². The number of hydrogen-bond acceptors (Lipinski definition) is 11. The fourth-order valence-corrected chi connectivity index (χ4v) is 17.1. The van der Waals surface area contributed by atoms with Crippen molar-refractivity contribution in [1.29, 1.82) is 0 Å². The number of carboxylic acids is 2. The predicted octanol–water partition coefficient (Wildman–Crippen LogP) is 3.95. The lowest BCUT2D eigenvalue weighted by Crippen LogP contribution is -2.76. The zero-order valence-corrected chi connectivity index (χ0v) is 35.9. The number of aldehydes is 1. The molecule has 1 heterocycles. The largest absolute Gasteiger partial charge is 0.481 e. The van der Waals surface area contributed by atoms with Crippen LogP contribution in [0.5, 0.6) is 0 Å². The van der Waals surface area contributed by atoms with E-state index in [1.54, 1.807) is 7.11 Å². The molecule has 8 rings (SSSR count). The first kappa shape index (κ1) is 43.4. The fourth-order valence-electron chi connectivity index (χ4n) is 17.1. The Balaban J connectivity index is 1.29. The van der Waals surface area contributed by atoms with E-state index in [2.05, 4.69) is 58.2 Å². The van der Waals surface area contributed by atoms with Gasteiger partial charge >= 0.3 is 11.9 Å². The maximum atomic E-state index is 14.2. The van der Waals surface area contributed by atoms with E-state index >= 15 is 0 Å². The van der Waals surface area contributed by atoms with Gasteiger partial charge in [-0.05, 0) is 128 Å². The summed E-state index contributed by atoms with van der Waals surface area (Å²) in [7, 11) is 3.59. The number of ether oxygens (including phenoxy) is 3. The van der Waals surface area contributed by atoms with E-state index in [0.717, 1.165) is 37.7 Å². The molecule has 0 radical (unpaired) electrons. The fraction of sp³-hybridized carbons (Fsp3) is 0.848. The van der Waals surface area contributed by atoms with Gasteiger partial charge in [-0.1, -0.05) is 58.4 Å². The minimum atomic E-state index is -1.81. The average molecular weight is 828 g/mol. The normalized spacial score (nSPS) is 52.9. The second-order valence-corrected chi connectivity index (χ2v) is 21.6. The van der Waals surface area contributed by atoms with Gasteiger partial charge in [-0.25, -0.2) is 4.79 Å². The lowest BCUT2D eigenvalue weighted by Gasteiger charge is -2.79. The number of carboxylic acid groups (broad SMARTS) is 2. The molecular formula is C46H69NO12. The van der Waals surface area contributed by atoms with Crippen molar-refractivity contribution < 1.29 is 59.2 Å². The van der Waals surface area contributed by atoms with Crippen molar-refractivity contribution in [3.8, 4) is 0 Å². The standard InChI is InChI=1S/C46H69NO12/c1-40(2)28-10-14-42(4)35-24(18-25(22-47-6)27(43(28,35)5)20-30(40)58-37-33(51)31(49)32(50)34(59-37)36(52)53)19-29-44(42,12-9-17-48)15-16-45(39(55)56)26(23-57-7)21-41(3)11-8-13-46(29,45)38(41)54/h8,13,17,19,24-28,30-35,37-38,47,49-51,54H,9-12,14-16,18,20-23H2,1-7H3,(H,52,53)(H,55,56)/t24-,25-,26+,27+,28-,30-,31-,32-,33+,34-,35-,37+,38-,41-,42+,43-,44+,45-,46+/m0/s1. The highest BCUT2D eigenvalue weighted by Gasteiger charge is 2.80. The quantitative estimate of drug-likeness (QED) is 0.0895. The van der Waals surface area contributed by atoms with E-state index in [0.29, 0.717) is 44.9 Å². The molecule has 0 aromatic heterocycles. The van der Waals surface area contributed by atoms with Gasteiger partial charge in [-0.3, -0.25) is 4.79 Å². The Kier molecular flexibility index (Phi) is 10.6. The summed E-state index contributed by atoms with van der Waals surface area (Å²) in [6.45, 7) is 12.4. The number of carbonyl (C=O) groups excluding carboxylic acids is 1. The van der Waals surface area contributed by atoms with Crippen LogP contribution in [0.4, 0.5) is 0 Å². The molecule has 1 saturated heterocycles. The highest BCUT2D eigenvalue weighted by Crippen LogP contribution is 2.83. The third-order valence-corrected chi connectivity index (χ3v) is 19.2. The van der Waals surface area contributed by atoms with Crippen LogP contribution in [0.15, 0.2) is 23.8 Å². The van der Waals surface area contributed by atoms with Gasteiger partial charge in [-0.2, -0.15) is 0 Å². The predicted molar refractivity (Wildman–Crippen MR) is 214 cm³/mol. The first-order valence-corrected chi connectivity index (χ1v) is 22.2. The Morgan fingerprint density at radius 3 is 2.37 bits per heavy atom. The molecule has 1 spiro atoms. The average Bonchev–Trinajstić information content (AvgIpc) is 3.16. The molecule has 0 aromatic carbocycles. The van der Waals surface area contributed by atoms with Crippen LogP contribution in [0.25, 0.3) is 0 Å². The second-order valence-electron chi connectivity index (χ2n) is 21.6. The molecule has 59 heavy (non-hydrogen) atoms. The third-order valence-electron chi connectivity index (χ3n) is 19.2. The van der Waals surface area contributed by atoms with Gasteiger partial charge in [0.05, 0.1) is 29.6 Å². The van der Waals surface area contributed by atoms with Crippen molar-refractivity contribution in [2.45, 2.75) is 142 Å². The van der Waals surface area contributed by atoms with E-state index in [9.17, 15) is 45.0 Å². The van der Waals surface area contributed by atoms with E-state index in [-0.39, 0.29) is 52.9 Å². The Labute approximate surface area is 348 Å². The minimum absolute atomic E-state index is 0.0574. The Hall–Kier alpha value is -2.23. The number of methoxy groups -OCH3 is 1. The number of nitrogens with one attached hydrogen (secondary N) is 1. The smallest absolute Gasteiger partial charge is 0.335 e. The van der Waals surface area contributed by atoms with Crippen molar-refractivity contribution >= 4 is 18.2 Å². The Morgan fingerprint density at radius 2 is 1.73 bits per heavy atom. The number of hydrogen-bond donors (Lipinski definition) is 7. The number of fused-ring (bicyclic) bond motifs is 3. The molecule has 1 aliphatic heterocycles. The summed E-state index contributed by atoms with van der Waals surface area (Å²) in [4.78, 5) is 38.8. The Bertz CT molecular complexity index is 1770. The van der Waals surface area contributed by atoms with Crippen LogP contribution in [0.2, 0.25) is 0 Å². The maximum Gasteiger partial charge on any atom is 0.335 e. The second kappa shape index (κ2) is 14.4.